The molecule has 6 nitrogen and oxygen atoms in total. The molecule has 0 spiro atoms. The van der Waals surface area contributed by atoms with Crippen LogP contribution in [0.2, 0.25) is 5.02 Å². The Morgan fingerprint density at radius 1 is 1.42 bits per heavy atom. The zero-order valence-electron chi connectivity index (χ0n) is 10.1. The lowest BCUT2D eigenvalue weighted by Gasteiger charge is -2.32. The molecule has 1 unspecified atom stereocenters. The average molecular weight is 286 g/mol. The first kappa shape index (κ1) is 13.5. The molecule has 1 atom stereocenters. The summed E-state index contributed by atoms with van der Waals surface area (Å²) in [5, 5.41) is 18.5. The van der Waals surface area contributed by atoms with Crippen LogP contribution in [0.25, 0.3) is 0 Å². The summed E-state index contributed by atoms with van der Waals surface area (Å²) in [6, 6.07) is 2.21. The van der Waals surface area contributed by atoms with Crippen LogP contribution in [0.3, 0.4) is 0 Å². The summed E-state index contributed by atoms with van der Waals surface area (Å²) in [4.78, 5) is 23.2. The van der Waals surface area contributed by atoms with E-state index >= 15 is 0 Å². The molecule has 19 heavy (non-hydrogen) atoms. The number of aliphatic carboxylic acids is 1. The fraction of sp³-hybridized carbons (Fsp3) is 0.333. The first-order valence-electron chi connectivity index (χ1n) is 5.52. The van der Waals surface area contributed by atoms with Gasteiger partial charge in [-0.15, -0.1) is 0 Å². The van der Waals surface area contributed by atoms with Crippen molar-refractivity contribution in [3.8, 4) is 5.75 Å². The number of halogens is 1. The normalized spacial score (nSPS) is 17.8. The molecule has 0 fully saturated rings. The van der Waals surface area contributed by atoms with Gasteiger partial charge in [0.15, 0.2) is 0 Å². The molecule has 1 aromatic rings. The van der Waals surface area contributed by atoms with E-state index in [4.69, 9.17) is 26.6 Å². The molecule has 1 aliphatic rings. The highest BCUT2D eigenvalue weighted by atomic mass is 35.5. The zero-order chi connectivity index (χ0) is 14.2. The Hall–Kier alpha value is -1.95. The minimum absolute atomic E-state index is 0.00531. The van der Waals surface area contributed by atoms with Crippen LogP contribution in [-0.4, -0.2) is 40.3 Å². The summed E-state index contributed by atoms with van der Waals surface area (Å²) >= 11 is 6.14. The van der Waals surface area contributed by atoms with E-state index in [0.29, 0.717) is 21.9 Å². The highest BCUT2D eigenvalue weighted by Crippen LogP contribution is 2.35. The number of hydrogen-bond donors (Lipinski definition) is 2. The number of ether oxygens (including phenoxy) is 1. The predicted molar refractivity (Wildman–Crippen MR) is 66.7 cm³/mol. The van der Waals surface area contributed by atoms with E-state index in [9.17, 15) is 9.59 Å². The molecular weight excluding hydrogens is 274 g/mol. The lowest BCUT2D eigenvalue weighted by molar-refractivity contribution is -0.143. The molecule has 102 valence electrons. The largest absolute Gasteiger partial charge is 0.495 e. The maximum Gasteiger partial charge on any atom is 0.408 e. The predicted octanol–water partition coefficient (Wildman–Crippen LogP) is 1.84. The molecule has 1 aliphatic heterocycles. The molecule has 0 saturated heterocycles. The van der Waals surface area contributed by atoms with Crippen molar-refractivity contribution in [3.63, 3.8) is 0 Å². The first-order chi connectivity index (χ1) is 8.95. The van der Waals surface area contributed by atoms with Crippen molar-refractivity contribution in [1.29, 1.82) is 0 Å². The number of hydrogen-bond acceptors (Lipinski definition) is 3. The van der Waals surface area contributed by atoms with Gasteiger partial charge in [0.25, 0.3) is 0 Å². The van der Waals surface area contributed by atoms with Crippen molar-refractivity contribution in [3.05, 3.63) is 28.3 Å². The van der Waals surface area contributed by atoms with Gasteiger partial charge in [0.1, 0.15) is 11.8 Å². The van der Waals surface area contributed by atoms with E-state index in [2.05, 4.69) is 0 Å². The number of carboxylic acids is 1. The quantitative estimate of drug-likeness (QED) is 0.866. The van der Waals surface area contributed by atoms with E-state index in [1.807, 2.05) is 0 Å². The van der Waals surface area contributed by atoms with Crippen molar-refractivity contribution in [2.45, 2.75) is 19.0 Å². The van der Waals surface area contributed by atoms with Crippen molar-refractivity contribution >= 4 is 23.7 Å². The Balaban J connectivity index is 2.47. The van der Waals surface area contributed by atoms with E-state index < -0.39 is 18.1 Å². The number of carbonyl (C=O) groups is 2. The molecule has 1 heterocycles. The SMILES string of the molecule is COc1ccc2c(c1Cl)CC(C(=O)O)N(C(=O)O)C2. The second-order valence-corrected chi connectivity index (χ2v) is 4.57. The molecule has 0 bridgehead atoms. The molecule has 0 radical (unpaired) electrons. The van der Waals surface area contributed by atoms with Crippen molar-refractivity contribution in [2.75, 3.05) is 7.11 Å². The Kier molecular flexibility index (Phi) is 3.53. The van der Waals surface area contributed by atoms with Gasteiger partial charge < -0.3 is 14.9 Å². The zero-order valence-corrected chi connectivity index (χ0v) is 10.8. The van der Waals surface area contributed by atoms with Gasteiger partial charge in [-0.25, -0.2) is 9.59 Å². The Morgan fingerprint density at radius 3 is 2.63 bits per heavy atom. The van der Waals surface area contributed by atoms with Crippen LogP contribution >= 0.6 is 11.6 Å². The highest BCUT2D eigenvalue weighted by Gasteiger charge is 2.36. The number of benzene rings is 1. The van der Waals surface area contributed by atoms with Crippen LogP contribution in [-0.2, 0) is 17.8 Å². The summed E-state index contributed by atoms with van der Waals surface area (Å²) in [5.41, 5.74) is 1.33. The van der Waals surface area contributed by atoms with Crippen LogP contribution < -0.4 is 4.74 Å². The number of nitrogens with zero attached hydrogens (tertiary/aromatic N) is 1. The average Bonchev–Trinajstić information content (AvgIpc) is 2.37. The number of carboxylic acid groups (broad SMARTS) is 2. The van der Waals surface area contributed by atoms with Crippen LogP contribution in [0.4, 0.5) is 4.79 Å². The summed E-state index contributed by atoms with van der Waals surface area (Å²) in [6.07, 6.45) is -1.22. The number of methoxy groups -OCH3 is 1. The number of amides is 1. The van der Waals surface area contributed by atoms with Crippen LogP contribution in [0.5, 0.6) is 5.75 Å². The maximum atomic E-state index is 11.2. The van der Waals surface area contributed by atoms with E-state index in [1.54, 1.807) is 12.1 Å². The molecule has 0 aliphatic carbocycles. The monoisotopic (exact) mass is 285 g/mol. The lowest BCUT2D eigenvalue weighted by atomic mass is 9.94. The van der Waals surface area contributed by atoms with E-state index in [0.717, 1.165) is 4.90 Å². The van der Waals surface area contributed by atoms with Crippen molar-refractivity contribution in [1.82, 2.24) is 4.90 Å². The van der Waals surface area contributed by atoms with Gasteiger partial charge in [0.05, 0.1) is 18.7 Å². The van der Waals surface area contributed by atoms with Gasteiger partial charge in [0.2, 0.25) is 0 Å². The van der Waals surface area contributed by atoms with Gasteiger partial charge in [-0.05, 0) is 17.2 Å². The first-order valence-corrected chi connectivity index (χ1v) is 5.90. The molecular formula is C12H12ClNO5. The van der Waals surface area contributed by atoms with Gasteiger partial charge >= 0.3 is 12.1 Å². The smallest absolute Gasteiger partial charge is 0.408 e. The van der Waals surface area contributed by atoms with Gasteiger partial charge in [0, 0.05) is 6.42 Å². The minimum Gasteiger partial charge on any atom is -0.495 e. The van der Waals surface area contributed by atoms with Crippen molar-refractivity contribution < 1.29 is 24.5 Å². The third-order valence-corrected chi connectivity index (χ3v) is 3.58. The van der Waals surface area contributed by atoms with Crippen LogP contribution in [0, 0.1) is 0 Å². The molecule has 1 amide bonds. The van der Waals surface area contributed by atoms with Crippen LogP contribution in [0.1, 0.15) is 11.1 Å². The van der Waals surface area contributed by atoms with Crippen LogP contribution in [0.15, 0.2) is 12.1 Å². The Morgan fingerprint density at radius 2 is 2.11 bits per heavy atom. The van der Waals surface area contributed by atoms with Crippen molar-refractivity contribution in [2.24, 2.45) is 0 Å². The third-order valence-electron chi connectivity index (χ3n) is 3.17. The topological polar surface area (TPSA) is 87.1 Å². The molecule has 2 rings (SSSR count). The maximum absolute atomic E-state index is 11.2. The molecule has 2 N–H and O–H groups in total. The summed E-state index contributed by atoms with van der Waals surface area (Å²) in [6.45, 7) is 0.00531. The summed E-state index contributed by atoms with van der Waals surface area (Å²) in [7, 11) is 1.47. The number of fused-ring (bicyclic) bond motifs is 1. The van der Waals surface area contributed by atoms with Gasteiger partial charge in [-0.1, -0.05) is 17.7 Å². The summed E-state index contributed by atoms with van der Waals surface area (Å²) < 4.78 is 5.07. The highest BCUT2D eigenvalue weighted by molar-refractivity contribution is 6.33. The fourth-order valence-corrected chi connectivity index (χ4v) is 2.52. The molecule has 1 aromatic carbocycles. The second kappa shape index (κ2) is 4.97. The van der Waals surface area contributed by atoms with Gasteiger partial charge in [-0.3, -0.25) is 4.90 Å². The molecule has 0 saturated carbocycles. The summed E-state index contributed by atoms with van der Waals surface area (Å²) in [5.74, 6) is -0.736. The fourth-order valence-electron chi connectivity index (χ4n) is 2.19. The lowest BCUT2D eigenvalue weighted by Crippen LogP contribution is -2.48. The third kappa shape index (κ3) is 2.31. The van der Waals surface area contributed by atoms with Gasteiger partial charge in [-0.2, -0.15) is 0 Å². The number of rotatable bonds is 2. The Labute approximate surface area is 114 Å². The minimum atomic E-state index is -1.26. The standard InChI is InChI=1S/C12H12ClNO5/c1-19-9-3-2-6-5-14(12(17)18)8(11(15)16)4-7(6)10(9)13/h2-3,8H,4-5H2,1H3,(H,15,16)(H,17,18). The van der Waals surface area contributed by atoms with E-state index in [1.165, 1.54) is 7.11 Å². The molecule has 0 aromatic heterocycles. The second-order valence-electron chi connectivity index (χ2n) is 4.19. The van der Waals surface area contributed by atoms with E-state index in [-0.39, 0.29) is 13.0 Å². The Bertz CT molecular complexity index is 545. The molecule has 7 heteroatoms.